The number of amides is 1. The molecule has 100 valence electrons. The standard InChI is InChI=1S/C15H23NO2/c1-5-6-10-16-15(17)13(4)18-14-9-7-8-11(2)12(14)3/h7-9,13H,5-6,10H2,1-4H3,(H,16,17)/t13-/m0/s1. The normalized spacial score (nSPS) is 12.0. The molecule has 0 heterocycles. The summed E-state index contributed by atoms with van der Waals surface area (Å²) in [5.74, 6) is 0.734. The molecular formula is C15H23NO2. The predicted octanol–water partition coefficient (Wildman–Crippen LogP) is 2.99. The fraction of sp³-hybridized carbons (Fsp3) is 0.533. The van der Waals surface area contributed by atoms with Crippen molar-refractivity contribution in [2.75, 3.05) is 6.54 Å². The van der Waals surface area contributed by atoms with Crippen LogP contribution < -0.4 is 10.1 Å². The van der Waals surface area contributed by atoms with E-state index in [0.717, 1.165) is 30.7 Å². The van der Waals surface area contributed by atoms with Gasteiger partial charge in [0.1, 0.15) is 5.75 Å². The van der Waals surface area contributed by atoms with Gasteiger partial charge in [-0.1, -0.05) is 25.5 Å². The Hall–Kier alpha value is -1.51. The molecule has 0 aliphatic heterocycles. The number of aryl methyl sites for hydroxylation is 1. The molecule has 3 heteroatoms. The average molecular weight is 249 g/mol. The van der Waals surface area contributed by atoms with Gasteiger partial charge in [0.05, 0.1) is 0 Å². The van der Waals surface area contributed by atoms with E-state index in [4.69, 9.17) is 4.74 Å². The van der Waals surface area contributed by atoms with E-state index in [2.05, 4.69) is 12.2 Å². The molecule has 1 rings (SSSR count). The first-order valence-electron chi connectivity index (χ1n) is 6.56. The third-order valence-corrected chi connectivity index (χ3v) is 3.06. The summed E-state index contributed by atoms with van der Waals surface area (Å²) in [7, 11) is 0. The number of nitrogens with one attached hydrogen (secondary N) is 1. The molecule has 0 spiro atoms. The lowest BCUT2D eigenvalue weighted by atomic mass is 10.1. The number of carbonyl (C=O) groups is 1. The van der Waals surface area contributed by atoms with Crippen LogP contribution in [-0.4, -0.2) is 18.6 Å². The highest BCUT2D eigenvalue weighted by molar-refractivity contribution is 5.80. The molecule has 0 aromatic heterocycles. The minimum Gasteiger partial charge on any atom is -0.481 e. The van der Waals surface area contributed by atoms with Crippen LogP contribution in [0.3, 0.4) is 0 Å². The van der Waals surface area contributed by atoms with Gasteiger partial charge >= 0.3 is 0 Å². The van der Waals surface area contributed by atoms with Crippen LogP contribution in [0, 0.1) is 13.8 Å². The predicted molar refractivity (Wildman–Crippen MR) is 73.9 cm³/mol. The quantitative estimate of drug-likeness (QED) is 0.787. The largest absolute Gasteiger partial charge is 0.481 e. The number of rotatable bonds is 6. The number of unbranched alkanes of at least 4 members (excludes halogenated alkanes) is 1. The zero-order valence-electron chi connectivity index (χ0n) is 11.7. The summed E-state index contributed by atoms with van der Waals surface area (Å²) in [6, 6.07) is 5.88. The lowest BCUT2D eigenvalue weighted by Crippen LogP contribution is -2.36. The Balaban J connectivity index is 2.56. The third-order valence-electron chi connectivity index (χ3n) is 3.06. The molecule has 1 atom stereocenters. The molecule has 0 bridgehead atoms. The Labute approximate surface area is 110 Å². The molecule has 0 radical (unpaired) electrons. The first kappa shape index (κ1) is 14.6. The SMILES string of the molecule is CCCCNC(=O)[C@H](C)Oc1cccc(C)c1C. The molecular weight excluding hydrogens is 226 g/mol. The lowest BCUT2D eigenvalue weighted by molar-refractivity contribution is -0.127. The second-order valence-corrected chi connectivity index (χ2v) is 4.60. The van der Waals surface area contributed by atoms with Crippen LogP contribution in [0.25, 0.3) is 0 Å². The first-order valence-corrected chi connectivity index (χ1v) is 6.56. The van der Waals surface area contributed by atoms with Crippen molar-refractivity contribution in [3.63, 3.8) is 0 Å². The minimum atomic E-state index is -0.456. The topological polar surface area (TPSA) is 38.3 Å². The summed E-state index contributed by atoms with van der Waals surface area (Å²) in [6.45, 7) is 8.64. The summed E-state index contributed by atoms with van der Waals surface area (Å²) in [5, 5.41) is 2.87. The van der Waals surface area contributed by atoms with E-state index >= 15 is 0 Å². The summed E-state index contributed by atoms with van der Waals surface area (Å²) in [4.78, 5) is 11.8. The van der Waals surface area contributed by atoms with Crippen LogP contribution in [0.5, 0.6) is 5.75 Å². The van der Waals surface area contributed by atoms with Gasteiger partial charge in [0.2, 0.25) is 0 Å². The highest BCUT2D eigenvalue weighted by Gasteiger charge is 2.15. The molecule has 1 aromatic carbocycles. The van der Waals surface area contributed by atoms with Crippen molar-refractivity contribution < 1.29 is 9.53 Å². The molecule has 0 aliphatic carbocycles. The number of ether oxygens (including phenoxy) is 1. The third kappa shape index (κ3) is 4.06. The van der Waals surface area contributed by atoms with Crippen molar-refractivity contribution >= 4 is 5.91 Å². The van der Waals surface area contributed by atoms with E-state index in [1.54, 1.807) is 6.92 Å². The molecule has 1 amide bonds. The van der Waals surface area contributed by atoms with E-state index in [1.165, 1.54) is 5.56 Å². The smallest absolute Gasteiger partial charge is 0.260 e. The van der Waals surface area contributed by atoms with E-state index in [0.29, 0.717) is 0 Å². The van der Waals surface area contributed by atoms with E-state index in [-0.39, 0.29) is 5.91 Å². The van der Waals surface area contributed by atoms with Crippen molar-refractivity contribution in [1.82, 2.24) is 5.32 Å². The maximum Gasteiger partial charge on any atom is 0.260 e. The Morgan fingerprint density at radius 2 is 2.11 bits per heavy atom. The Morgan fingerprint density at radius 1 is 1.39 bits per heavy atom. The van der Waals surface area contributed by atoms with Crippen molar-refractivity contribution in [3.8, 4) is 5.75 Å². The van der Waals surface area contributed by atoms with Crippen LogP contribution in [0.2, 0.25) is 0 Å². The van der Waals surface area contributed by atoms with E-state index < -0.39 is 6.10 Å². The number of benzene rings is 1. The Bertz CT molecular complexity index is 401. The summed E-state index contributed by atoms with van der Waals surface area (Å²) in [5.41, 5.74) is 2.26. The van der Waals surface area contributed by atoms with Gasteiger partial charge in [-0.15, -0.1) is 0 Å². The van der Waals surface area contributed by atoms with Gasteiger partial charge in [0.15, 0.2) is 6.10 Å². The molecule has 18 heavy (non-hydrogen) atoms. The summed E-state index contributed by atoms with van der Waals surface area (Å²) in [6.07, 6.45) is 1.62. The van der Waals surface area contributed by atoms with Crippen molar-refractivity contribution in [1.29, 1.82) is 0 Å². The van der Waals surface area contributed by atoms with Crippen LogP contribution in [0.15, 0.2) is 18.2 Å². The summed E-state index contributed by atoms with van der Waals surface area (Å²) < 4.78 is 5.71. The first-order chi connectivity index (χ1) is 8.56. The van der Waals surface area contributed by atoms with Crippen LogP contribution in [-0.2, 0) is 4.79 Å². The molecule has 3 nitrogen and oxygen atoms in total. The molecule has 1 N–H and O–H groups in total. The van der Waals surface area contributed by atoms with Gasteiger partial charge in [0.25, 0.3) is 5.91 Å². The van der Waals surface area contributed by atoms with Gasteiger partial charge in [0, 0.05) is 6.54 Å². The van der Waals surface area contributed by atoms with Crippen molar-refractivity contribution in [3.05, 3.63) is 29.3 Å². The second-order valence-electron chi connectivity index (χ2n) is 4.60. The molecule has 0 aliphatic rings. The number of carbonyl (C=O) groups excluding carboxylic acids is 1. The summed E-state index contributed by atoms with van der Waals surface area (Å²) >= 11 is 0. The van der Waals surface area contributed by atoms with E-state index in [9.17, 15) is 4.79 Å². The maximum atomic E-state index is 11.8. The van der Waals surface area contributed by atoms with Crippen LogP contribution in [0.4, 0.5) is 0 Å². The van der Waals surface area contributed by atoms with Crippen molar-refractivity contribution in [2.24, 2.45) is 0 Å². The highest BCUT2D eigenvalue weighted by atomic mass is 16.5. The van der Waals surface area contributed by atoms with Gasteiger partial charge in [-0.25, -0.2) is 0 Å². The molecule has 1 aromatic rings. The molecule has 0 saturated carbocycles. The zero-order valence-corrected chi connectivity index (χ0v) is 11.7. The highest BCUT2D eigenvalue weighted by Crippen LogP contribution is 2.21. The Kier molecular flexibility index (Phi) is 5.69. The average Bonchev–Trinajstić information content (AvgIpc) is 2.35. The van der Waals surface area contributed by atoms with Crippen molar-refractivity contribution in [2.45, 2.75) is 46.6 Å². The number of hydrogen-bond donors (Lipinski definition) is 1. The molecule has 0 unspecified atom stereocenters. The lowest BCUT2D eigenvalue weighted by Gasteiger charge is -2.17. The number of hydrogen-bond acceptors (Lipinski definition) is 2. The minimum absolute atomic E-state index is 0.0515. The molecule has 0 saturated heterocycles. The fourth-order valence-corrected chi connectivity index (χ4v) is 1.63. The van der Waals surface area contributed by atoms with Gasteiger partial charge in [-0.05, 0) is 44.4 Å². The van der Waals surface area contributed by atoms with Crippen LogP contribution >= 0.6 is 0 Å². The fourth-order valence-electron chi connectivity index (χ4n) is 1.63. The Morgan fingerprint density at radius 3 is 2.78 bits per heavy atom. The van der Waals surface area contributed by atoms with Crippen LogP contribution in [0.1, 0.15) is 37.8 Å². The maximum absolute atomic E-state index is 11.8. The second kappa shape index (κ2) is 7.04. The zero-order chi connectivity index (χ0) is 13.5. The van der Waals surface area contributed by atoms with Gasteiger partial charge in [-0.2, -0.15) is 0 Å². The van der Waals surface area contributed by atoms with Gasteiger partial charge < -0.3 is 10.1 Å². The monoisotopic (exact) mass is 249 g/mol. The van der Waals surface area contributed by atoms with E-state index in [1.807, 2.05) is 32.0 Å². The molecule has 0 fully saturated rings. The van der Waals surface area contributed by atoms with Gasteiger partial charge in [-0.3, -0.25) is 4.79 Å².